The lowest BCUT2D eigenvalue weighted by molar-refractivity contribution is 0.476. The molecule has 3 aromatic rings. The van der Waals surface area contributed by atoms with E-state index >= 15 is 0 Å². The Balaban J connectivity index is 0.00000240. The van der Waals surface area contributed by atoms with Crippen molar-refractivity contribution in [3.8, 4) is 28.3 Å². The normalized spacial score (nSPS) is 16.3. The molecule has 154 valence electrons. The Kier molecular flexibility index (Phi) is 6.34. The first kappa shape index (κ1) is 21.0. The number of anilines is 1. The molecule has 1 atom stereocenters. The molecule has 1 unspecified atom stereocenters. The standard InChI is InChI=1S/C20H24N6O2.ClH/c1-12(2)23-15-6-7-26(11-15)20-22-9-17(24-25-20)16-5-4-14(8-18(16)27)19-10-21-13(3)28-19;/h4-5,8-10,12,15,23,27H,6-7,11H2,1-3H3;1H. The fraction of sp³-hybridized carbons (Fsp3) is 0.400. The van der Waals surface area contributed by atoms with Crippen molar-refractivity contribution in [2.24, 2.45) is 0 Å². The van der Waals surface area contributed by atoms with Crippen LogP contribution in [0.25, 0.3) is 22.6 Å². The number of nitrogens with one attached hydrogen (secondary N) is 1. The van der Waals surface area contributed by atoms with Crippen molar-refractivity contribution in [2.75, 3.05) is 18.0 Å². The summed E-state index contributed by atoms with van der Waals surface area (Å²) in [6.45, 7) is 7.85. The smallest absolute Gasteiger partial charge is 0.245 e. The summed E-state index contributed by atoms with van der Waals surface area (Å²) < 4.78 is 5.50. The third kappa shape index (κ3) is 4.65. The number of oxazole rings is 1. The van der Waals surface area contributed by atoms with E-state index in [4.69, 9.17) is 4.42 Å². The third-order valence-electron chi connectivity index (χ3n) is 4.77. The van der Waals surface area contributed by atoms with E-state index in [1.165, 1.54) is 0 Å². The van der Waals surface area contributed by atoms with Gasteiger partial charge in [0.2, 0.25) is 5.95 Å². The van der Waals surface area contributed by atoms with Gasteiger partial charge in [0.15, 0.2) is 11.7 Å². The molecule has 1 aliphatic heterocycles. The minimum atomic E-state index is 0. The lowest BCUT2D eigenvalue weighted by Gasteiger charge is -2.18. The van der Waals surface area contributed by atoms with Crippen LogP contribution in [0.4, 0.5) is 5.95 Å². The molecule has 1 aromatic carbocycles. The molecule has 4 rings (SSSR count). The molecule has 3 heterocycles. The summed E-state index contributed by atoms with van der Waals surface area (Å²) >= 11 is 0. The number of halogens is 1. The van der Waals surface area contributed by atoms with Crippen LogP contribution in [0.1, 0.15) is 26.2 Å². The molecular weight excluding hydrogens is 392 g/mol. The maximum absolute atomic E-state index is 10.4. The van der Waals surface area contributed by atoms with Crippen molar-refractivity contribution in [3.05, 3.63) is 36.5 Å². The van der Waals surface area contributed by atoms with Crippen LogP contribution in [0, 0.1) is 6.92 Å². The second-order valence-electron chi connectivity index (χ2n) is 7.37. The highest BCUT2D eigenvalue weighted by atomic mass is 35.5. The molecular formula is C20H25ClN6O2. The van der Waals surface area contributed by atoms with E-state index in [0.29, 0.717) is 40.9 Å². The Morgan fingerprint density at radius 3 is 2.66 bits per heavy atom. The number of nitrogens with zero attached hydrogens (tertiary/aromatic N) is 5. The summed E-state index contributed by atoms with van der Waals surface area (Å²) in [6, 6.07) is 6.17. The molecule has 0 bridgehead atoms. The van der Waals surface area contributed by atoms with Gasteiger partial charge in [0, 0.05) is 43.2 Å². The Morgan fingerprint density at radius 1 is 1.21 bits per heavy atom. The number of hydrogen-bond acceptors (Lipinski definition) is 8. The molecule has 1 aliphatic rings. The Labute approximate surface area is 175 Å². The van der Waals surface area contributed by atoms with Gasteiger partial charge in [-0.15, -0.1) is 22.6 Å². The van der Waals surface area contributed by atoms with E-state index in [1.54, 1.807) is 31.5 Å². The number of phenolic OH excluding ortho intramolecular Hbond substituents is 1. The molecule has 8 nitrogen and oxygen atoms in total. The number of hydrogen-bond donors (Lipinski definition) is 2. The fourth-order valence-corrected chi connectivity index (χ4v) is 3.48. The van der Waals surface area contributed by atoms with E-state index < -0.39 is 0 Å². The molecule has 0 amide bonds. The number of phenols is 1. The molecule has 9 heteroatoms. The predicted octanol–water partition coefficient (Wildman–Crippen LogP) is 3.21. The topological polar surface area (TPSA) is 100 Å². The van der Waals surface area contributed by atoms with Gasteiger partial charge in [0.25, 0.3) is 0 Å². The Bertz CT molecular complexity index is 960. The summed E-state index contributed by atoms with van der Waals surface area (Å²) in [5.74, 6) is 1.90. The zero-order chi connectivity index (χ0) is 19.7. The molecule has 1 fully saturated rings. The first-order chi connectivity index (χ1) is 13.5. The van der Waals surface area contributed by atoms with Crippen molar-refractivity contribution in [3.63, 3.8) is 0 Å². The SMILES string of the molecule is Cc1ncc(-c2ccc(-c3cnc(N4CCC(NC(C)C)C4)nn3)c(O)c2)o1.Cl. The Morgan fingerprint density at radius 2 is 2.03 bits per heavy atom. The first-order valence-electron chi connectivity index (χ1n) is 9.46. The molecule has 0 radical (unpaired) electrons. The van der Waals surface area contributed by atoms with Crippen LogP contribution in [0.15, 0.2) is 35.0 Å². The highest BCUT2D eigenvalue weighted by Gasteiger charge is 2.25. The average molecular weight is 417 g/mol. The molecule has 1 saturated heterocycles. The van der Waals surface area contributed by atoms with Crippen molar-refractivity contribution >= 4 is 18.4 Å². The van der Waals surface area contributed by atoms with Gasteiger partial charge in [-0.05, 0) is 18.6 Å². The molecule has 0 spiro atoms. The van der Waals surface area contributed by atoms with Gasteiger partial charge in [-0.2, -0.15) is 0 Å². The zero-order valence-electron chi connectivity index (χ0n) is 16.7. The van der Waals surface area contributed by atoms with E-state index in [2.05, 4.69) is 44.2 Å². The molecule has 29 heavy (non-hydrogen) atoms. The Hall–Kier alpha value is -2.71. The molecule has 2 aromatic heterocycles. The maximum Gasteiger partial charge on any atom is 0.245 e. The minimum absolute atomic E-state index is 0. The van der Waals surface area contributed by atoms with Crippen LogP contribution in [0.2, 0.25) is 0 Å². The summed E-state index contributed by atoms with van der Waals surface area (Å²) in [4.78, 5) is 10.7. The molecule has 2 N–H and O–H groups in total. The molecule has 0 aliphatic carbocycles. The number of aryl methyl sites for hydroxylation is 1. The summed E-state index contributed by atoms with van der Waals surface area (Å²) in [7, 11) is 0. The quantitative estimate of drug-likeness (QED) is 0.654. The van der Waals surface area contributed by atoms with Crippen LogP contribution in [0.3, 0.4) is 0 Å². The third-order valence-corrected chi connectivity index (χ3v) is 4.77. The number of rotatable bonds is 5. The van der Waals surface area contributed by atoms with Gasteiger partial charge >= 0.3 is 0 Å². The highest BCUT2D eigenvalue weighted by molar-refractivity contribution is 5.85. The maximum atomic E-state index is 10.4. The van der Waals surface area contributed by atoms with Gasteiger partial charge in [0.1, 0.15) is 11.4 Å². The van der Waals surface area contributed by atoms with Gasteiger partial charge in [0.05, 0.1) is 12.4 Å². The second-order valence-corrected chi connectivity index (χ2v) is 7.37. The fourth-order valence-electron chi connectivity index (χ4n) is 3.48. The first-order valence-corrected chi connectivity index (χ1v) is 9.46. The summed E-state index contributed by atoms with van der Waals surface area (Å²) in [5, 5.41) is 22.5. The predicted molar refractivity (Wildman–Crippen MR) is 113 cm³/mol. The van der Waals surface area contributed by atoms with Crippen LogP contribution < -0.4 is 10.2 Å². The van der Waals surface area contributed by atoms with Crippen molar-refractivity contribution in [2.45, 2.75) is 39.3 Å². The largest absolute Gasteiger partial charge is 0.507 e. The van der Waals surface area contributed by atoms with Gasteiger partial charge in [-0.1, -0.05) is 19.9 Å². The van der Waals surface area contributed by atoms with Gasteiger partial charge in [-0.3, -0.25) is 0 Å². The summed E-state index contributed by atoms with van der Waals surface area (Å²) in [5.41, 5.74) is 1.85. The second kappa shape index (κ2) is 8.75. The van der Waals surface area contributed by atoms with Crippen LogP contribution in [-0.2, 0) is 0 Å². The lowest BCUT2D eigenvalue weighted by Crippen LogP contribution is -2.37. The van der Waals surface area contributed by atoms with E-state index in [1.807, 2.05) is 6.07 Å². The van der Waals surface area contributed by atoms with Gasteiger partial charge in [-0.25, -0.2) is 9.97 Å². The number of aromatic hydroxyl groups is 1. The van der Waals surface area contributed by atoms with Crippen LogP contribution >= 0.6 is 12.4 Å². The number of benzene rings is 1. The van der Waals surface area contributed by atoms with Crippen LogP contribution in [-0.4, -0.2) is 50.4 Å². The molecule has 0 saturated carbocycles. The monoisotopic (exact) mass is 416 g/mol. The lowest BCUT2D eigenvalue weighted by atomic mass is 10.1. The van der Waals surface area contributed by atoms with E-state index in [9.17, 15) is 5.11 Å². The zero-order valence-corrected chi connectivity index (χ0v) is 17.5. The van der Waals surface area contributed by atoms with E-state index in [0.717, 1.165) is 25.1 Å². The van der Waals surface area contributed by atoms with Crippen molar-refractivity contribution < 1.29 is 9.52 Å². The number of aromatic nitrogens is 4. The minimum Gasteiger partial charge on any atom is -0.507 e. The summed E-state index contributed by atoms with van der Waals surface area (Å²) in [6.07, 6.45) is 4.35. The van der Waals surface area contributed by atoms with Crippen LogP contribution in [0.5, 0.6) is 5.75 Å². The van der Waals surface area contributed by atoms with E-state index in [-0.39, 0.29) is 18.2 Å². The highest BCUT2D eigenvalue weighted by Crippen LogP contribution is 2.32. The van der Waals surface area contributed by atoms with Gasteiger partial charge < -0.3 is 19.7 Å². The van der Waals surface area contributed by atoms with Crippen molar-refractivity contribution in [1.82, 2.24) is 25.5 Å². The van der Waals surface area contributed by atoms with Crippen molar-refractivity contribution in [1.29, 1.82) is 0 Å². The average Bonchev–Trinajstić information content (AvgIpc) is 3.30.